The first-order chi connectivity index (χ1) is 18.2. The smallest absolute Gasteiger partial charge is 0.242 e. The molecule has 0 radical (unpaired) electrons. The van der Waals surface area contributed by atoms with E-state index in [-0.39, 0.29) is 62.9 Å². The zero-order chi connectivity index (χ0) is 26.8. The van der Waals surface area contributed by atoms with Crippen LogP contribution in [0.2, 0.25) is 5.02 Å². The molecule has 1 atom stereocenters. The Kier molecular flexibility index (Phi) is 5.24. The highest BCUT2D eigenvalue weighted by Gasteiger charge is 2.49. The van der Waals surface area contributed by atoms with Gasteiger partial charge < -0.3 is 20.6 Å². The molecule has 0 fully saturated rings. The minimum absolute atomic E-state index is 0.0173. The maximum Gasteiger partial charge on any atom is 0.242 e. The SMILES string of the molecule is C[C@@]1(c2cc(O)c(Cl)cn2)C(=O)Nc2nc(-c3cn4ccnc4c(Cc4c(F)cccc4F)n3)nc(N)c21. The first-order valence-electron chi connectivity index (χ1n) is 11.3. The molecule has 0 saturated carbocycles. The molecule has 0 aliphatic carbocycles. The number of carbonyl (C=O) groups excluding carboxylic acids is 1. The van der Waals surface area contributed by atoms with E-state index >= 15 is 0 Å². The molecular formula is C25H17ClF2N8O2. The van der Waals surface area contributed by atoms with Gasteiger partial charge in [0.1, 0.15) is 45.2 Å². The van der Waals surface area contributed by atoms with Crippen molar-refractivity contribution in [2.75, 3.05) is 11.1 Å². The summed E-state index contributed by atoms with van der Waals surface area (Å²) in [5, 5.41) is 12.8. The van der Waals surface area contributed by atoms with Crippen molar-refractivity contribution in [1.82, 2.24) is 29.3 Å². The summed E-state index contributed by atoms with van der Waals surface area (Å²) >= 11 is 5.89. The van der Waals surface area contributed by atoms with Crippen LogP contribution in [0.25, 0.3) is 17.2 Å². The molecule has 4 N–H and O–H groups in total. The second-order valence-electron chi connectivity index (χ2n) is 8.86. The number of halogens is 3. The molecule has 5 aromatic rings. The van der Waals surface area contributed by atoms with E-state index in [0.717, 1.165) is 0 Å². The van der Waals surface area contributed by atoms with Gasteiger partial charge >= 0.3 is 0 Å². The van der Waals surface area contributed by atoms with Crippen molar-refractivity contribution in [3.63, 3.8) is 0 Å². The van der Waals surface area contributed by atoms with Crippen molar-refractivity contribution < 1.29 is 18.7 Å². The molecule has 0 unspecified atom stereocenters. The van der Waals surface area contributed by atoms with Crippen LogP contribution in [0.3, 0.4) is 0 Å². The molecule has 4 aromatic heterocycles. The van der Waals surface area contributed by atoms with E-state index in [1.807, 2.05) is 0 Å². The Bertz CT molecular complexity index is 1770. The number of aromatic nitrogens is 6. The van der Waals surface area contributed by atoms with E-state index in [0.29, 0.717) is 5.65 Å². The molecule has 0 spiro atoms. The van der Waals surface area contributed by atoms with Crippen LogP contribution < -0.4 is 11.1 Å². The quantitative estimate of drug-likeness (QED) is 0.317. The Morgan fingerprint density at radius 1 is 1.18 bits per heavy atom. The third-order valence-electron chi connectivity index (χ3n) is 6.55. The van der Waals surface area contributed by atoms with Crippen LogP contribution in [0.5, 0.6) is 5.75 Å². The standard InChI is InChI=1S/C25H17ClF2N8O2/c1-25(18-8-17(37)12(26)9-31-18)19-20(29)33-21(34-22(19)35-24(25)38)16-10-36-6-5-30-23(36)15(32-16)7-11-13(27)3-2-4-14(11)28/h2-6,8-10H,7H2,1H3,(H,31,37)(H3,29,33,34,35,38)/t25-/m0/s1. The number of amides is 1. The summed E-state index contributed by atoms with van der Waals surface area (Å²) in [5.74, 6) is -1.93. The van der Waals surface area contributed by atoms with Crippen LogP contribution in [-0.2, 0) is 16.6 Å². The van der Waals surface area contributed by atoms with Crippen LogP contribution in [-0.4, -0.2) is 40.3 Å². The van der Waals surface area contributed by atoms with Crippen LogP contribution in [0.1, 0.15) is 29.4 Å². The van der Waals surface area contributed by atoms with E-state index in [1.54, 1.807) is 23.7 Å². The maximum absolute atomic E-state index is 14.4. The highest BCUT2D eigenvalue weighted by Crippen LogP contribution is 2.45. The van der Waals surface area contributed by atoms with Gasteiger partial charge in [-0.2, -0.15) is 0 Å². The lowest BCUT2D eigenvalue weighted by atomic mass is 9.80. The highest BCUT2D eigenvalue weighted by atomic mass is 35.5. The number of nitrogens with two attached hydrogens (primary N) is 1. The van der Waals surface area contributed by atoms with Gasteiger partial charge in [0.05, 0.1) is 17.0 Å². The first-order valence-corrected chi connectivity index (χ1v) is 11.6. The van der Waals surface area contributed by atoms with E-state index in [1.165, 1.54) is 36.7 Å². The fourth-order valence-corrected chi connectivity index (χ4v) is 4.66. The lowest BCUT2D eigenvalue weighted by Gasteiger charge is -2.22. The Balaban J connectivity index is 1.47. The zero-order valence-corrected chi connectivity index (χ0v) is 20.3. The molecule has 13 heteroatoms. The number of fused-ring (bicyclic) bond motifs is 2. The molecule has 0 bridgehead atoms. The first kappa shape index (κ1) is 23.7. The van der Waals surface area contributed by atoms with Crippen LogP contribution in [0, 0.1) is 11.6 Å². The summed E-state index contributed by atoms with van der Waals surface area (Å²) in [6, 6.07) is 4.91. The summed E-state index contributed by atoms with van der Waals surface area (Å²) in [6.07, 6.45) is 5.84. The van der Waals surface area contributed by atoms with Crippen molar-refractivity contribution in [2.45, 2.75) is 18.8 Å². The molecule has 38 heavy (non-hydrogen) atoms. The Morgan fingerprint density at radius 2 is 1.95 bits per heavy atom. The average molecular weight is 535 g/mol. The lowest BCUT2D eigenvalue weighted by Crippen LogP contribution is -2.33. The molecule has 10 nitrogen and oxygen atoms in total. The van der Waals surface area contributed by atoms with Gasteiger partial charge in [-0.25, -0.2) is 28.7 Å². The van der Waals surface area contributed by atoms with Crippen molar-refractivity contribution in [2.24, 2.45) is 0 Å². The molecular weight excluding hydrogens is 518 g/mol. The van der Waals surface area contributed by atoms with Crippen molar-refractivity contribution in [3.05, 3.63) is 88.2 Å². The van der Waals surface area contributed by atoms with E-state index in [9.17, 15) is 18.7 Å². The highest BCUT2D eigenvalue weighted by molar-refractivity contribution is 6.31. The van der Waals surface area contributed by atoms with E-state index < -0.39 is 23.0 Å². The fourth-order valence-electron chi connectivity index (χ4n) is 4.56. The van der Waals surface area contributed by atoms with Gasteiger partial charge in [0.15, 0.2) is 11.5 Å². The van der Waals surface area contributed by atoms with Gasteiger partial charge in [0.25, 0.3) is 0 Å². The minimum atomic E-state index is -1.41. The fraction of sp³-hybridized carbons (Fsp3) is 0.120. The summed E-state index contributed by atoms with van der Waals surface area (Å²) in [6.45, 7) is 1.58. The number of nitrogens with zero attached hydrogens (tertiary/aromatic N) is 6. The number of aromatic hydroxyl groups is 1. The second kappa shape index (κ2) is 8.42. The summed E-state index contributed by atoms with van der Waals surface area (Å²) in [5.41, 5.74) is 6.18. The number of nitrogen functional groups attached to an aromatic ring is 1. The number of pyridine rings is 1. The third-order valence-corrected chi connectivity index (χ3v) is 6.84. The third kappa shape index (κ3) is 3.52. The number of nitrogens with one attached hydrogen (secondary N) is 1. The van der Waals surface area contributed by atoms with Crippen molar-refractivity contribution in [1.29, 1.82) is 0 Å². The molecule has 0 saturated heterocycles. The molecule has 1 aliphatic rings. The molecule has 1 amide bonds. The van der Waals surface area contributed by atoms with E-state index in [4.69, 9.17) is 17.3 Å². The Morgan fingerprint density at radius 3 is 2.68 bits per heavy atom. The van der Waals surface area contributed by atoms with Crippen LogP contribution in [0.15, 0.2) is 49.1 Å². The average Bonchev–Trinajstić information content (AvgIpc) is 3.46. The lowest BCUT2D eigenvalue weighted by molar-refractivity contribution is -0.119. The maximum atomic E-state index is 14.4. The summed E-state index contributed by atoms with van der Waals surface area (Å²) in [7, 11) is 0. The van der Waals surface area contributed by atoms with Gasteiger partial charge in [-0.15, -0.1) is 0 Å². The van der Waals surface area contributed by atoms with Gasteiger partial charge in [-0.05, 0) is 19.1 Å². The number of rotatable bonds is 4. The summed E-state index contributed by atoms with van der Waals surface area (Å²) in [4.78, 5) is 35.0. The number of anilines is 2. The predicted octanol–water partition coefficient (Wildman–Crippen LogP) is 3.65. The Hall–Kier alpha value is -4.71. The van der Waals surface area contributed by atoms with Crippen molar-refractivity contribution in [3.8, 4) is 17.3 Å². The van der Waals surface area contributed by atoms with Gasteiger partial charge in [-0.1, -0.05) is 17.7 Å². The molecule has 1 aromatic carbocycles. The van der Waals surface area contributed by atoms with Gasteiger partial charge in [0.2, 0.25) is 5.91 Å². The Labute approximate surface area is 218 Å². The van der Waals surface area contributed by atoms with Crippen molar-refractivity contribution >= 4 is 34.8 Å². The van der Waals surface area contributed by atoms with E-state index in [2.05, 4.69) is 30.2 Å². The molecule has 5 heterocycles. The number of imidazole rings is 1. The monoisotopic (exact) mass is 534 g/mol. The molecule has 190 valence electrons. The van der Waals surface area contributed by atoms with Gasteiger partial charge in [-0.3, -0.25) is 9.78 Å². The minimum Gasteiger partial charge on any atom is -0.506 e. The van der Waals surface area contributed by atoms with Gasteiger partial charge in [0, 0.05) is 42.8 Å². The van der Waals surface area contributed by atoms with Crippen LogP contribution in [0.4, 0.5) is 20.4 Å². The number of benzene rings is 1. The number of hydrogen-bond acceptors (Lipinski definition) is 8. The largest absolute Gasteiger partial charge is 0.506 e. The zero-order valence-electron chi connectivity index (χ0n) is 19.6. The number of hydrogen-bond donors (Lipinski definition) is 3. The van der Waals surface area contributed by atoms with Crippen LogP contribution >= 0.6 is 11.6 Å². The second-order valence-corrected chi connectivity index (χ2v) is 9.27. The topological polar surface area (TPSA) is 144 Å². The molecule has 6 rings (SSSR count). The predicted molar refractivity (Wildman–Crippen MR) is 134 cm³/mol. The normalized spacial score (nSPS) is 16.6. The number of carbonyl (C=O) groups is 1. The molecule has 1 aliphatic heterocycles. The summed E-state index contributed by atoms with van der Waals surface area (Å²) < 4.78 is 30.4.